The van der Waals surface area contributed by atoms with E-state index in [9.17, 15) is 18.0 Å². The first-order valence-electron chi connectivity index (χ1n) is 9.28. The fraction of sp³-hybridized carbons (Fsp3) is 0.333. The summed E-state index contributed by atoms with van der Waals surface area (Å²) in [5.74, 6) is -1.21. The fourth-order valence-corrected chi connectivity index (χ4v) is 3.00. The maximum atomic E-state index is 12.5. The second-order valence-electron chi connectivity index (χ2n) is 6.84. The molecule has 2 aromatic carbocycles. The van der Waals surface area contributed by atoms with Crippen LogP contribution in [0.1, 0.15) is 30.9 Å². The van der Waals surface area contributed by atoms with Crippen LogP contribution >= 0.6 is 0 Å². The van der Waals surface area contributed by atoms with Crippen LogP contribution in [-0.2, 0) is 31.0 Å². The van der Waals surface area contributed by atoms with E-state index in [2.05, 4.69) is 5.32 Å². The SMILES string of the molecule is CC(C)OC(=O)C(CNC(=O)OCc1ccccc1)c1ccc(OS(C)(=O)=O)cc1. The maximum absolute atomic E-state index is 12.5. The zero-order chi connectivity index (χ0) is 22.1. The van der Waals surface area contributed by atoms with Crippen molar-refractivity contribution in [3.63, 3.8) is 0 Å². The molecule has 0 aliphatic heterocycles. The van der Waals surface area contributed by atoms with Crippen LogP contribution in [-0.4, -0.2) is 39.4 Å². The topological polar surface area (TPSA) is 108 Å². The van der Waals surface area contributed by atoms with Gasteiger partial charge in [-0.25, -0.2) is 4.79 Å². The van der Waals surface area contributed by atoms with Crippen LogP contribution in [0.25, 0.3) is 0 Å². The number of nitrogens with one attached hydrogen (secondary N) is 1. The van der Waals surface area contributed by atoms with E-state index < -0.39 is 28.1 Å². The van der Waals surface area contributed by atoms with E-state index in [1.54, 1.807) is 26.0 Å². The average molecular weight is 435 g/mol. The molecule has 0 saturated carbocycles. The molecule has 1 atom stereocenters. The van der Waals surface area contributed by atoms with Gasteiger partial charge in [0.15, 0.2) is 0 Å². The molecule has 8 nitrogen and oxygen atoms in total. The molecule has 0 saturated heterocycles. The maximum Gasteiger partial charge on any atom is 0.407 e. The molecule has 1 amide bonds. The number of amides is 1. The van der Waals surface area contributed by atoms with E-state index in [1.165, 1.54) is 12.1 Å². The molecule has 0 fully saturated rings. The molecule has 2 aromatic rings. The minimum atomic E-state index is -3.66. The van der Waals surface area contributed by atoms with Crippen molar-refractivity contribution in [2.75, 3.05) is 12.8 Å². The smallest absolute Gasteiger partial charge is 0.407 e. The summed E-state index contributed by atoms with van der Waals surface area (Å²) in [5, 5.41) is 2.57. The molecule has 0 bridgehead atoms. The molecule has 0 radical (unpaired) electrons. The first kappa shape index (κ1) is 23.2. The molecule has 1 N–H and O–H groups in total. The third-order valence-electron chi connectivity index (χ3n) is 3.83. The highest BCUT2D eigenvalue weighted by molar-refractivity contribution is 7.86. The zero-order valence-electron chi connectivity index (χ0n) is 17.0. The third kappa shape index (κ3) is 8.12. The Kier molecular flexibility index (Phi) is 8.23. The van der Waals surface area contributed by atoms with Crippen LogP contribution in [0.3, 0.4) is 0 Å². The van der Waals surface area contributed by atoms with Gasteiger partial charge < -0.3 is 19.0 Å². The van der Waals surface area contributed by atoms with Crippen molar-refractivity contribution in [1.29, 1.82) is 0 Å². The summed E-state index contributed by atoms with van der Waals surface area (Å²) in [7, 11) is -3.66. The fourth-order valence-electron chi connectivity index (χ4n) is 2.54. The Hall–Kier alpha value is -3.07. The standard InChI is InChI=1S/C21H25NO7S/c1-15(2)28-20(23)19(17-9-11-18(12-10-17)29-30(3,25)26)13-22-21(24)27-14-16-7-5-4-6-8-16/h4-12,15,19H,13-14H2,1-3H3,(H,22,24). The molecule has 30 heavy (non-hydrogen) atoms. The van der Waals surface area contributed by atoms with Crippen molar-refractivity contribution in [3.05, 3.63) is 65.7 Å². The van der Waals surface area contributed by atoms with Gasteiger partial charge in [-0.15, -0.1) is 0 Å². The second kappa shape index (κ2) is 10.6. The number of benzene rings is 2. The molecule has 1 unspecified atom stereocenters. The van der Waals surface area contributed by atoms with E-state index >= 15 is 0 Å². The van der Waals surface area contributed by atoms with Crippen LogP contribution in [0.15, 0.2) is 54.6 Å². The number of hydrogen-bond acceptors (Lipinski definition) is 7. The average Bonchev–Trinajstić information content (AvgIpc) is 2.67. The third-order valence-corrected chi connectivity index (χ3v) is 4.32. The molecule has 9 heteroatoms. The molecule has 0 heterocycles. The van der Waals surface area contributed by atoms with Crippen molar-refractivity contribution < 1.29 is 31.7 Å². The van der Waals surface area contributed by atoms with E-state index in [0.29, 0.717) is 5.56 Å². The van der Waals surface area contributed by atoms with Crippen molar-refractivity contribution in [1.82, 2.24) is 5.32 Å². The van der Waals surface area contributed by atoms with Gasteiger partial charge in [0.1, 0.15) is 12.4 Å². The lowest BCUT2D eigenvalue weighted by molar-refractivity contribution is -0.149. The van der Waals surface area contributed by atoms with Gasteiger partial charge in [0.05, 0.1) is 18.3 Å². The van der Waals surface area contributed by atoms with Crippen molar-refractivity contribution in [3.8, 4) is 5.75 Å². The minimum Gasteiger partial charge on any atom is -0.462 e. The number of alkyl carbamates (subject to hydrolysis) is 1. The van der Waals surface area contributed by atoms with Gasteiger partial charge in [0, 0.05) is 6.54 Å². The predicted octanol–water partition coefficient (Wildman–Crippen LogP) is 2.99. The first-order valence-corrected chi connectivity index (χ1v) is 11.1. The molecule has 2 rings (SSSR count). The first-order chi connectivity index (χ1) is 14.1. The van der Waals surface area contributed by atoms with Gasteiger partial charge in [-0.3, -0.25) is 4.79 Å². The van der Waals surface area contributed by atoms with E-state index in [1.807, 2.05) is 30.3 Å². The predicted molar refractivity (Wildman–Crippen MR) is 111 cm³/mol. The van der Waals surface area contributed by atoms with Crippen molar-refractivity contribution in [2.24, 2.45) is 0 Å². The van der Waals surface area contributed by atoms with Gasteiger partial charge in [-0.05, 0) is 37.1 Å². The highest BCUT2D eigenvalue weighted by Crippen LogP contribution is 2.22. The Morgan fingerprint density at radius 1 is 1.00 bits per heavy atom. The number of hydrogen-bond donors (Lipinski definition) is 1. The number of esters is 1. The van der Waals surface area contributed by atoms with Crippen LogP contribution in [0.4, 0.5) is 4.79 Å². The Morgan fingerprint density at radius 3 is 2.20 bits per heavy atom. The number of carbonyl (C=O) groups is 2. The molecular formula is C21H25NO7S. The summed E-state index contributed by atoms with van der Waals surface area (Å²) in [6.07, 6.45) is -0.0644. The highest BCUT2D eigenvalue weighted by atomic mass is 32.2. The van der Waals surface area contributed by atoms with Crippen LogP contribution in [0.2, 0.25) is 0 Å². The number of carbonyl (C=O) groups excluding carboxylic acids is 2. The van der Waals surface area contributed by atoms with Crippen LogP contribution in [0.5, 0.6) is 5.75 Å². The normalized spacial score (nSPS) is 12.1. The van der Waals surface area contributed by atoms with Crippen molar-refractivity contribution in [2.45, 2.75) is 32.5 Å². The summed E-state index contributed by atoms with van der Waals surface area (Å²) >= 11 is 0. The van der Waals surface area contributed by atoms with E-state index in [4.69, 9.17) is 13.7 Å². The highest BCUT2D eigenvalue weighted by Gasteiger charge is 2.24. The van der Waals surface area contributed by atoms with Crippen LogP contribution in [0, 0.1) is 0 Å². The summed E-state index contributed by atoms with van der Waals surface area (Å²) in [6, 6.07) is 15.2. The van der Waals surface area contributed by atoms with Gasteiger partial charge in [0.25, 0.3) is 0 Å². The summed E-state index contributed by atoms with van der Waals surface area (Å²) < 4.78 is 37.7. The summed E-state index contributed by atoms with van der Waals surface area (Å²) in [6.45, 7) is 3.50. The van der Waals surface area contributed by atoms with E-state index in [-0.39, 0.29) is 25.0 Å². The zero-order valence-corrected chi connectivity index (χ0v) is 17.8. The van der Waals surface area contributed by atoms with Gasteiger partial charge in [-0.2, -0.15) is 8.42 Å². The lowest BCUT2D eigenvalue weighted by atomic mass is 9.99. The Balaban J connectivity index is 2.03. The van der Waals surface area contributed by atoms with Crippen molar-refractivity contribution >= 4 is 22.2 Å². The van der Waals surface area contributed by atoms with Crippen LogP contribution < -0.4 is 9.50 Å². The Morgan fingerprint density at radius 2 is 1.63 bits per heavy atom. The molecule has 162 valence electrons. The monoisotopic (exact) mass is 435 g/mol. The van der Waals surface area contributed by atoms with Gasteiger partial charge in [0.2, 0.25) is 0 Å². The summed E-state index contributed by atoms with van der Waals surface area (Å²) in [4.78, 5) is 24.6. The summed E-state index contributed by atoms with van der Waals surface area (Å²) in [5.41, 5.74) is 1.37. The largest absolute Gasteiger partial charge is 0.462 e. The quantitative estimate of drug-likeness (QED) is 0.476. The van der Waals surface area contributed by atoms with Gasteiger partial charge in [-0.1, -0.05) is 42.5 Å². The lowest BCUT2D eigenvalue weighted by Crippen LogP contribution is -2.33. The Labute approximate surface area is 176 Å². The second-order valence-corrected chi connectivity index (χ2v) is 8.41. The Bertz CT molecular complexity index is 941. The number of rotatable bonds is 9. The van der Waals surface area contributed by atoms with E-state index in [0.717, 1.165) is 11.8 Å². The molecule has 0 aliphatic carbocycles. The molecular weight excluding hydrogens is 410 g/mol. The molecule has 0 aliphatic rings. The minimum absolute atomic E-state index is 0.0501. The lowest BCUT2D eigenvalue weighted by Gasteiger charge is -2.19. The molecule has 0 aromatic heterocycles. The number of ether oxygens (including phenoxy) is 2. The molecule has 0 spiro atoms. The van der Waals surface area contributed by atoms with Gasteiger partial charge >= 0.3 is 22.2 Å².